The van der Waals surface area contributed by atoms with E-state index in [1.807, 2.05) is 12.1 Å². The zero-order valence-electron chi connectivity index (χ0n) is 10.4. The molecule has 2 N–H and O–H groups in total. The Morgan fingerprint density at radius 3 is 2.35 bits per heavy atom. The summed E-state index contributed by atoms with van der Waals surface area (Å²) < 4.78 is 0. The largest absolute Gasteiger partial charge is 0.478 e. The Morgan fingerprint density at radius 2 is 1.76 bits per heavy atom. The molecule has 0 atom stereocenters. The summed E-state index contributed by atoms with van der Waals surface area (Å²) >= 11 is 0. The van der Waals surface area contributed by atoms with Gasteiger partial charge in [0, 0.05) is 12.2 Å². The molecular weight excluding hydrogens is 214 g/mol. The molecule has 0 unspecified atom stereocenters. The highest BCUT2D eigenvalue weighted by molar-refractivity contribution is 5.87. The molecule has 0 aliphatic carbocycles. The molecule has 0 aliphatic rings. The maximum absolute atomic E-state index is 10.7. The van der Waals surface area contributed by atoms with Gasteiger partial charge >= 0.3 is 5.97 Å². The van der Waals surface area contributed by atoms with Gasteiger partial charge in [-0.15, -0.1) is 0 Å². The molecule has 0 aromatic heterocycles. The number of carbonyl (C=O) groups is 1. The van der Waals surface area contributed by atoms with Gasteiger partial charge in [0.05, 0.1) is 5.56 Å². The third kappa shape index (κ3) is 5.38. The van der Waals surface area contributed by atoms with Crippen LogP contribution in [0.1, 0.15) is 49.4 Å². The Labute approximate surface area is 103 Å². The normalized spacial score (nSPS) is 10.2. The van der Waals surface area contributed by atoms with Gasteiger partial charge < -0.3 is 10.4 Å². The van der Waals surface area contributed by atoms with Gasteiger partial charge in [-0.05, 0) is 30.7 Å². The minimum Gasteiger partial charge on any atom is -0.478 e. The minimum atomic E-state index is -0.879. The molecule has 1 aromatic carbocycles. The highest BCUT2D eigenvalue weighted by Crippen LogP contribution is 2.10. The molecule has 0 bridgehead atoms. The molecule has 0 radical (unpaired) electrons. The molecule has 3 heteroatoms. The first-order chi connectivity index (χ1) is 8.24. The van der Waals surface area contributed by atoms with E-state index >= 15 is 0 Å². The molecule has 0 heterocycles. The van der Waals surface area contributed by atoms with Crippen LogP contribution in [0.3, 0.4) is 0 Å². The van der Waals surface area contributed by atoms with Crippen LogP contribution in [0.2, 0.25) is 0 Å². The first-order valence-corrected chi connectivity index (χ1v) is 6.31. The van der Waals surface area contributed by atoms with Crippen molar-refractivity contribution >= 4 is 11.7 Å². The molecule has 1 aromatic rings. The van der Waals surface area contributed by atoms with Crippen molar-refractivity contribution in [2.75, 3.05) is 11.9 Å². The SMILES string of the molecule is CCCCCCCNc1ccc(C(=O)O)cc1. The number of hydrogen-bond donors (Lipinski definition) is 2. The second-order valence-corrected chi connectivity index (χ2v) is 4.22. The fourth-order valence-corrected chi connectivity index (χ4v) is 1.69. The number of carboxylic acids is 1. The van der Waals surface area contributed by atoms with Crippen molar-refractivity contribution in [2.45, 2.75) is 39.0 Å². The van der Waals surface area contributed by atoms with Crippen molar-refractivity contribution < 1.29 is 9.90 Å². The van der Waals surface area contributed by atoms with Crippen LogP contribution in [-0.4, -0.2) is 17.6 Å². The summed E-state index contributed by atoms with van der Waals surface area (Å²) in [5.41, 5.74) is 1.32. The number of carboxylic acid groups (broad SMARTS) is 1. The minimum absolute atomic E-state index is 0.332. The number of nitrogens with one attached hydrogen (secondary N) is 1. The van der Waals surface area contributed by atoms with Crippen LogP contribution in [0.5, 0.6) is 0 Å². The first-order valence-electron chi connectivity index (χ1n) is 6.31. The molecule has 0 saturated heterocycles. The maximum atomic E-state index is 10.7. The predicted octanol–water partition coefficient (Wildman–Crippen LogP) is 3.77. The van der Waals surface area contributed by atoms with Crippen molar-refractivity contribution in [1.29, 1.82) is 0 Å². The Bertz CT molecular complexity index is 333. The van der Waals surface area contributed by atoms with E-state index in [9.17, 15) is 4.79 Å². The fourth-order valence-electron chi connectivity index (χ4n) is 1.69. The van der Waals surface area contributed by atoms with Crippen molar-refractivity contribution in [3.8, 4) is 0 Å². The number of rotatable bonds is 8. The first kappa shape index (κ1) is 13.6. The third-order valence-electron chi connectivity index (χ3n) is 2.74. The van der Waals surface area contributed by atoms with Crippen molar-refractivity contribution in [1.82, 2.24) is 0 Å². The molecule has 0 spiro atoms. The second-order valence-electron chi connectivity index (χ2n) is 4.22. The van der Waals surface area contributed by atoms with Gasteiger partial charge in [0.1, 0.15) is 0 Å². The summed E-state index contributed by atoms with van der Waals surface area (Å²) in [6.45, 7) is 3.17. The number of unbranched alkanes of at least 4 members (excludes halogenated alkanes) is 4. The highest BCUT2D eigenvalue weighted by Gasteiger charge is 2.00. The van der Waals surface area contributed by atoms with E-state index < -0.39 is 5.97 Å². The topological polar surface area (TPSA) is 49.3 Å². The van der Waals surface area contributed by atoms with E-state index in [0.717, 1.165) is 12.2 Å². The maximum Gasteiger partial charge on any atom is 0.335 e. The lowest BCUT2D eigenvalue weighted by molar-refractivity contribution is 0.0697. The lowest BCUT2D eigenvalue weighted by atomic mass is 10.1. The summed E-state index contributed by atoms with van der Waals surface area (Å²) in [5.74, 6) is -0.879. The van der Waals surface area contributed by atoms with Gasteiger partial charge in [-0.1, -0.05) is 32.6 Å². The Morgan fingerprint density at radius 1 is 1.12 bits per heavy atom. The van der Waals surface area contributed by atoms with Crippen molar-refractivity contribution in [3.05, 3.63) is 29.8 Å². The summed E-state index contributed by atoms with van der Waals surface area (Å²) in [7, 11) is 0. The molecule has 0 amide bonds. The predicted molar refractivity (Wildman–Crippen MR) is 70.7 cm³/mol. The van der Waals surface area contributed by atoms with Gasteiger partial charge in [-0.25, -0.2) is 4.79 Å². The van der Waals surface area contributed by atoms with E-state index in [1.54, 1.807) is 12.1 Å². The third-order valence-corrected chi connectivity index (χ3v) is 2.74. The van der Waals surface area contributed by atoms with Gasteiger partial charge in [-0.3, -0.25) is 0 Å². The molecule has 0 saturated carbocycles. The number of aromatic carboxylic acids is 1. The van der Waals surface area contributed by atoms with E-state index in [4.69, 9.17) is 5.11 Å². The second kappa shape index (κ2) is 7.71. The van der Waals surface area contributed by atoms with E-state index in [-0.39, 0.29) is 0 Å². The number of benzene rings is 1. The van der Waals surface area contributed by atoms with E-state index in [0.29, 0.717) is 5.56 Å². The summed E-state index contributed by atoms with van der Waals surface area (Å²) in [4.78, 5) is 10.7. The van der Waals surface area contributed by atoms with Gasteiger partial charge in [0.25, 0.3) is 0 Å². The molecule has 0 aliphatic heterocycles. The van der Waals surface area contributed by atoms with Crippen LogP contribution in [0.4, 0.5) is 5.69 Å². The van der Waals surface area contributed by atoms with Crippen LogP contribution >= 0.6 is 0 Å². The Balaban J connectivity index is 2.21. The van der Waals surface area contributed by atoms with Crippen LogP contribution in [0.15, 0.2) is 24.3 Å². The number of hydrogen-bond acceptors (Lipinski definition) is 2. The van der Waals surface area contributed by atoms with Gasteiger partial charge in [0.15, 0.2) is 0 Å². The lowest BCUT2D eigenvalue weighted by Gasteiger charge is -2.06. The molecular formula is C14H21NO2. The average molecular weight is 235 g/mol. The zero-order valence-corrected chi connectivity index (χ0v) is 10.4. The standard InChI is InChI=1S/C14H21NO2/c1-2-3-4-5-6-11-15-13-9-7-12(8-10-13)14(16)17/h7-10,15H,2-6,11H2,1H3,(H,16,17). The Hall–Kier alpha value is -1.51. The van der Waals surface area contributed by atoms with Crippen LogP contribution < -0.4 is 5.32 Å². The molecule has 94 valence electrons. The van der Waals surface area contributed by atoms with Crippen LogP contribution in [-0.2, 0) is 0 Å². The molecule has 1 rings (SSSR count). The van der Waals surface area contributed by atoms with Crippen molar-refractivity contribution in [3.63, 3.8) is 0 Å². The average Bonchev–Trinajstić information content (AvgIpc) is 2.34. The van der Waals surface area contributed by atoms with Gasteiger partial charge in [-0.2, -0.15) is 0 Å². The highest BCUT2D eigenvalue weighted by atomic mass is 16.4. The smallest absolute Gasteiger partial charge is 0.335 e. The number of anilines is 1. The Kier molecular flexibility index (Phi) is 6.15. The van der Waals surface area contributed by atoms with Crippen LogP contribution in [0, 0.1) is 0 Å². The summed E-state index contributed by atoms with van der Waals surface area (Å²) in [5, 5.41) is 12.0. The fraction of sp³-hybridized carbons (Fsp3) is 0.500. The zero-order chi connectivity index (χ0) is 12.5. The monoisotopic (exact) mass is 235 g/mol. The van der Waals surface area contributed by atoms with Gasteiger partial charge in [0.2, 0.25) is 0 Å². The summed E-state index contributed by atoms with van der Waals surface area (Å²) in [6, 6.07) is 6.88. The quantitative estimate of drug-likeness (QED) is 0.674. The molecule has 17 heavy (non-hydrogen) atoms. The van der Waals surface area contributed by atoms with E-state index in [1.165, 1.54) is 32.1 Å². The van der Waals surface area contributed by atoms with Crippen molar-refractivity contribution in [2.24, 2.45) is 0 Å². The molecule has 0 fully saturated rings. The molecule has 3 nitrogen and oxygen atoms in total. The van der Waals surface area contributed by atoms with E-state index in [2.05, 4.69) is 12.2 Å². The lowest BCUT2D eigenvalue weighted by Crippen LogP contribution is -2.02. The van der Waals surface area contributed by atoms with Crippen LogP contribution in [0.25, 0.3) is 0 Å². The summed E-state index contributed by atoms with van der Waals surface area (Å²) in [6.07, 6.45) is 6.31.